The highest BCUT2D eigenvalue weighted by Gasteiger charge is 2.28. The molecular weight excluding hydrogens is 358 g/mol. The molecule has 0 bridgehead atoms. The molecule has 1 saturated carbocycles. The van der Waals surface area contributed by atoms with Crippen molar-refractivity contribution >= 4 is 40.0 Å². The fourth-order valence-corrected chi connectivity index (χ4v) is 3.32. The summed E-state index contributed by atoms with van der Waals surface area (Å²) < 4.78 is 0. The summed E-state index contributed by atoms with van der Waals surface area (Å²) in [4.78, 5) is 9.28. The molecule has 1 aromatic heterocycles. The summed E-state index contributed by atoms with van der Waals surface area (Å²) in [5, 5.41) is 17.8. The molecule has 6 heteroatoms. The van der Waals surface area contributed by atoms with Gasteiger partial charge in [-0.1, -0.05) is 23.7 Å². The van der Waals surface area contributed by atoms with E-state index in [1.165, 1.54) is 12.8 Å². The fourth-order valence-electron chi connectivity index (χ4n) is 3.14. The Morgan fingerprint density at radius 2 is 2.04 bits per heavy atom. The highest BCUT2D eigenvalue weighted by molar-refractivity contribution is 6.31. The molecular formula is C21H20ClN5. The number of halogens is 1. The summed E-state index contributed by atoms with van der Waals surface area (Å²) in [6, 6.07) is 13.9. The number of nitrogens with one attached hydrogen (secondary N) is 2. The molecule has 0 aliphatic heterocycles. The topological polar surface area (TPSA) is 73.6 Å². The van der Waals surface area contributed by atoms with Crippen LogP contribution in [0.4, 0.5) is 17.5 Å². The van der Waals surface area contributed by atoms with E-state index in [0.29, 0.717) is 34.0 Å². The molecule has 4 rings (SSSR count). The largest absolute Gasteiger partial charge is 0.367 e. The highest BCUT2D eigenvalue weighted by atomic mass is 35.5. The Bertz CT molecular complexity index is 1050. The molecule has 1 heterocycles. The molecule has 136 valence electrons. The van der Waals surface area contributed by atoms with E-state index in [4.69, 9.17) is 11.6 Å². The van der Waals surface area contributed by atoms with E-state index in [1.807, 2.05) is 37.3 Å². The number of anilines is 3. The molecule has 1 atom stereocenters. The van der Waals surface area contributed by atoms with Crippen LogP contribution < -0.4 is 10.6 Å². The van der Waals surface area contributed by atoms with Crippen LogP contribution in [-0.4, -0.2) is 16.0 Å². The first kappa shape index (κ1) is 17.6. The summed E-state index contributed by atoms with van der Waals surface area (Å²) in [6.07, 6.45) is 2.49. The van der Waals surface area contributed by atoms with E-state index < -0.39 is 0 Å². The van der Waals surface area contributed by atoms with Crippen molar-refractivity contribution in [2.75, 3.05) is 10.6 Å². The number of aromatic nitrogens is 2. The van der Waals surface area contributed by atoms with Crippen molar-refractivity contribution in [3.63, 3.8) is 0 Å². The summed E-state index contributed by atoms with van der Waals surface area (Å²) in [6.45, 7) is 4.13. The lowest BCUT2D eigenvalue weighted by Gasteiger charge is -2.17. The van der Waals surface area contributed by atoms with Gasteiger partial charge in [-0.25, -0.2) is 4.98 Å². The van der Waals surface area contributed by atoms with Crippen LogP contribution in [0.3, 0.4) is 0 Å². The Kier molecular flexibility index (Phi) is 4.59. The van der Waals surface area contributed by atoms with Crippen molar-refractivity contribution in [3.05, 3.63) is 52.5 Å². The zero-order valence-corrected chi connectivity index (χ0v) is 16.0. The summed E-state index contributed by atoms with van der Waals surface area (Å²) in [5.41, 5.74) is 2.98. The molecule has 1 aliphatic rings. The summed E-state index contributed by atoms with van der Waals surface area (Å²) in [7, 11) is 0. The number of benzene rings is 2. The Labute approximate surface area is 163 Å². The minimum atomic E-state index is 0.329. The molecule has 0 saturated heterocycles. The van der Waals surface area contributed by atoms with Crippen molar-refractivity contribution in [2.45, 2.75) is 32.7 Å². The second kappa shape index (κ2) is 7.05. The zero-order valence-electron chi connectivity index (χ0n) is 15.3. The average Bonchev–Trinajstić information content (AvgIpc) is 3.49. The molecule has 5 nitrogen and oxygen atoms in total. The minimum absolute atomic E-state index is 0.329. The smallest absolute Gasteiger partial charge is 0.229 e. The Balaban J connectivity index is 1.77. The second-order valence-corrected chi connectivity index (χ2v) is 7.48. The van der Waals surface area contributed by atoms with Gasteiger partial charge in [-0.2, -0.15) is 10.2 Å². The van der Waals surface area contributed by atoms with E-state index in [2.05, 4.69) is 33.6 Å². The molecule has 0 spiro atoms. The molecule has 2 N–H and O–H groups in total. The zero-order chi connectivity index (χ0) is 19.0. The molecule has 1 aliphatic carbocycles. The Morgan fingerprint density at radius 3 is 2.74 bits per heavy atom. The van der Waals surface area contributed by atoms with Gasteiger partial charge in [-0.15, -0.1) is 0 Å². The standard InChI is InChI=1S/C21H20ClN5/c1-12-6-9-16(10-18(12)22)25-21-26-19-15(11-23)4-3-5-17(19)20(27-21)24-13(2)14-7-8-14/h3-6,9-10,13-14H,7-8H2,1-2H3,(H2,24,25,26,27)/t13-/m1/s1. The number of para-hydroxylation sites is 1. The van der Waals surface area contributed by atoms with Crippen molar-refractivity contribution < 1.29 is 0 Å². The van der Waals surface area contributed by atoms with E-state index in [9.17, 15) is 5.26 Å². The normalized spacial score (nSPS) is 14.6. The fraction of sp³-hybridized carbons (Fsp3) is 0.286. The third-order valence-corrected chi connectivity index (χ3v) is 5.38. The van der Waals surface area contributed by atoms with Gasteiger partial charge in [0.15, 0.2) is 0 Å². The van der Waals surface area contributed by atoms with Crippen LogP contribution in [-0.2, 0) is 0 Å². The monoisotopic (exact) mass is 377 g/mol. The van der Waals surface area contributed by atoms with Crippen LogP contribution in [0.25, 0.3) is 10.9 Å². The maximum Gasteiger partial charge on any atom is 0.229 e. The van der Waals surface area contributed by atoms with Gasteiger partial charge in [-0.05, 0) is 62.4 Å². The molecule has 0 amide bonds. The number of nitrogens with zero attached hydrogens (tertiary/aromatic N) is 3. The van der Waals surface area contributed by atoms with Crippen molar-refractivity contribution in [1.82, 2.24) is 9.97 Å². The number of fused-ring (bicyclic) bond motifs is 1. The minimum Gasteiger partial charge on any atom is -0.367 e. The molecule has 2 aromatic carbocycles. The molecule has 0 radical (unpaired) electrons. The predicted octanol–water partition coefficient (Wildman–Crippen LogP) is 5.42. The number of hydrogen-bond acceptors (Lipinski definition) is 5. The van der Waals surface area contributed by atoms with Gasteiger partial charge in [0.25, 0.3) is 0 Å². The summed E-state index contributed by atoms with van der Waals surface area (Å²) >= 11 is 6.23. The highest BCUT2D eigenvalue weighted by Crippen LogP contribution is 2.35. The van der Waals surface area contributed by atoms with Crippen LogP contribution in [0.1, 0.15) is 30.9 Å². The third-order valence-electron chi connectivity index (χ3n) is 4.97. The van der Waals surface area contributed by atoms with Gasteiger partial charge in [0.1, 0.15) is 11.9 Å². The third kappa shape index (κ3) is 3.67. The van der Waals surface area contributed by atoms with Crippen molar-refractivity contribution in [3.8, 4) is 6.07 Å². The van der Waals surface area contributed by atoms with Crippen LogP contribution in [0.5, 0.6) is 0 Å². The van der Waals surface area contributed by atoms with Crippen LogP contribution in [0, 0.1) is 24.2 Å². The van der Waals surface area contributed by atoms with Gasteiger partial charge in [0.2, 0.25) is 5.95 Å². The van der Waals surface area contributed by atoms with E-state index in [0.717, 1.165) is 22.5 Å². The number of nitriles is 1. The number of hydrogen-bond donors (Lipinski definition) is 2. The van der Waals surface area contributed by atoms with E-state index in [-0.39, 0.29) is 0 Å². The summed E-state index contributed by atoms with van der Waals surface area (Å²) in [5.74, 6) is 1.87. The second-order valence-electron chi connectivity index (χ2n) is 7.07. The first-order valence-electron chi connectivity index (χ1n) is 9.05. The van der Waals surface area contributed by atoms with Gasteiger partial charge in [0, 0.05) is 22.1 Å². The quantitative estimate of drug-likeness (QED) is 0.621. The maximum absolute atomic E-state index is 9.49. The lowest BCUT2D eigenvalue weighted by atomic mass is 10.1. The molecule has 1 fully saturated rings. The Hall–Kier alpha value is -2.84. The SMILES string of the molecule is Cc1ccc(Nc2nc(N[C@H](C)C3CC3)c3cccc(C#N)c3n2)cc1Cl. The van der Waals surface area contributed by atoms with Gasteiger partial charge >= 0.3 is 0 Å². The average molecular weight is 378 g/mol. The van der Waals surface area contributed by atoms with Gasteiger partial charge in [0.05, 0.1) is 11.1 Å². The molecule has 0 unspecified atom stereocenters. The predicted molar refractivity (Wildman–Crippen MR) is 110 cm³/mol. The van der Waals surface area contributed by atoms with Crippen molar-refractivity contribution in [2.24, 2.45) is 5.92 Å². The number of rotatable bonds is 5. The lowest BCUT2D eigenvalue weighted by Crippen LogP contribution is -2.19. The van der Waals surface area contributed by atoms with E-state index >= 15 is 0 Å². The Morgan fingerprint density at radius 1 is 1.22 bits per heavy atom. The van der Waals surface area contributed by atoms with Gasteiger partial charge in [-0.3, -0.25) is 0 Å². The maximum atomic E-state index is 9.49. The van der Waals surface area contributed by atoms with Crippen molar-refractivity contribution in [1.29, 1.82) is 5.26 Å². The van der Waals surface area contributed by atoms with Crippen LogP contribution in [0.2, 0.25) is 5.02 Å². The first-order chi connectivity index (χ1) is 13.0. The molecule has 3 aromatic rings. The van der Waals surface area contributed by atoms with Gasteiger partial charge < -0.3 is 10.6 Å². The van der Waals surface area contributed by atoms with E-state index in [1.54, 1.807) is 6.07 Å². The lowest BCUT2D eigenvalue weighted by molar-refractivity contribution is 0.691. The molecule has 27 heavy (non-hydrogen) atoms. The van der Waals surface area contributed by atoms with Crippen LogP contribution in [0.15, 0.2) is 36.4 Å². The number of aryl methyl sites for hydroxylation is 1. The van der Waals surface area contributed by atoms with Crippen LogP contribution >= 0.6 is 11.6 Å². The first-order valence-corrected chi connectivity index (χ1v) is 9.43.